The summed E-state index contributed by atoms with van der Waals surface area (Å²) in [7, 11) is -1.69. The van der Waals surface area contributed by atoms with Gasteiger partial charge >= 0.3 is 0 Å². The number of rotatable bonds is 6. The monoisotopic (exact) mass is 296 g/mol. The van der Waals surface area contributed by atoms with E-state index in [1.54, 1.807) is 6.92 Å². The van der Waals surface area contributed by atoms with E-state index >= 15 is 0 Å². The molecule has 1 aromatic carbocycles. The Morgan fingerprint density at radius 2 is 1.85 bits per heavy atom. The SMILES string of the molecule is CC(O)c1cccc(OCCO[Si](C)(C)C(C)(C)C)c1. The number of hydrogen-bond acceptors (Lipinski definition) is 3. The Morgan fingerprint density at radius 3 is 2.40 bits per heavy atom. The molecule has 0 aliphatic rings. The second-order valence-corrected chi connectivity index (χ2v) is 11.5. The molecule has 0 saturated heterocycles. The Balaban J connectivity index is 2.44. The summed E-state index contributed by atoms with van der Waals surface area (Å²) in [5.41, 5.74) is 0.868. The molecule has 114 valence electrons. The molecule has 1 rings (SSSR count). The van der Waals surface area contributed by atoms with Gasteiger partial charge in [0.2, 0.25) is 0 Å². The molecule has 0 amide bonds. The summed E-state index contributed by atoms with van der Waals surface area (Å²) in [6.45, 7) is 14.1. The molecule has 1 aromatic rings. The van der Waals surface area contributed by atoms with Gasteiger partial charge in [-0.05, 0) is 42.8 Å². The third-order valence-electron chi connectivity index (χ3n) is 3.96. The Hall–Kier alpha value is -0.843. The summed E-state index contributed by atoms with van der Waals surface area (Å²) < 4.78 is 11.7. The lowest BCUT2D eigenvalue weighted by atomic mass is 10.1. The van der Waals surface area contributed by atoms with Crippen molar-refractivity contribution < 1.29 is 14.3 Å². The molecule has 0 aromatic heterocycles. The Labute approximate surface area is 124 Å². The van der Waals surface area contributed by atoms with Crippen LogP contribution in [-0.2, 0) is 4.43 Å². The highest BCUT2D eigenvalue weighted by Crippen LogP contribution is 2.36. The first-order valence-electron chi connectivity index (χ1n) is 7.18. The van der Waals surface area contributed by atoms with Gasteiger partial charge in [-0.3, -0.25) is 0 Å². The van der Waals surface area contributed by atoms with Gasteiger partial charge in [-0.2, -0.15) is 0 Å². The number of benzene rings is 1. The summed E-state index contributed by atoms with van der Waals surface area (Å²) in [5, 5.41) is 9.76. The fourth-order valence-electron chi connectivity index (χ4n) is 1.54. The summed E-state index contributed by atoms with van der Waals surface area (Å²) in [6.07, 6.45) is -0.470. The molecule has 0 bridgehead atoms. The average Bonchev–Trinajstić information content (AvgIpc) is 2.33. The van der Waals surface area contributed by atoms with Gasteiger partial charge in [0.05, 0.1) is 12.7 Å². The van der Waals surface area contributed by atoms with E-state index in [-0.39, 0.29) is 5.04 Å². The van der Waals surface area contributed by atoms with Gasteiger partial charge in [-0.25, -0.2) is 0 Å². The fourth-order valence-corrected chi connectivity index (χ4v) is 2.56. The summed E-state index contributed by atoms with van der Waals surface area (Å²) in [4.78, 5) is 0. The molecule has 0 radical (unpaired) electrons. The third kappa shape index (κ3) is 4.92. The first kappa shape index (κ1) is 17.2. The highest BCUT2D eigenvalue weighted by Gasteiger charge is 2.36. The molecular weight excluding hydrogens is 268 g/mol. The molecule has 0 saturated carbocycles. The predicted octanol–water partition coefficient (Wildman–Crippen LogP) is 4.14. The molecule has 4 heteroatoms. The molecular formula is C16H28O3Si. The zero-order valence-corrected chi connectivity index (χ0v) is 14.6. The smallest absolute Gasteiger partial charge is 0.192 e. The van der Waals surface area contributed by atoms with Crippen LogP contribution < -0.4 is 4.74 Å². The maximum atomic E-state index is 9.54. The van der Waals surface area contributed by atoms with E-state index in [0.29, 0.717) is 13.2 Å². The minimum Gasteiger partial charge on any atom is -0.491 e. The van der Waals surface area contributed by atoms with Crippen molar-refractivity contribution in [2.75, 3.05) is 13.2 Å². The Morgan fingerprint density at radius 1 is 1.20 bits per heavy atom. The van der Waals surface area contributed by atoms with Crippen molar-refractivity contribution in [1.29, 1.82) is 0 Å². The van der Waals surface area contributed by atoms with Crippen LogP contribution >= 0.6 is 0 Å². The van der Waals surface area contributed by atoms with E-state index < -0.39 is 14.4 Å². The molecule has 0 aliphatic carbocycles. The number of hydrogen-bond donors (Lipinski definition) is 1. The molecule has 0 fully saturated rings. The lowest BCUT2D eigenvalue weighted by Gasteiger charge is -2.36. The van der Waals surface area contributed by atoms with Crippen molar-refractivity contribution >= 4 is 8.32 Å². The standard InChI is InChI=1S/C16H28O3Si/c1-13(17)14-8-7-9-15(12-14)18-10-11-19-20(5,6)16(2,3)4/h7-9,12-13,17H,10-11H2,1-6H3. The van der Waals surface area contributed by atoms with Crippen molar-refractivity contribution in [2.24, 2.45) is 0 Å². The first-order valence-corrected chi connectivity index (χ1v) is 10.1. The lowest BCUT2D eigenvalue weighted by Crippen LogP contribution is -2.41. The minimum absolute atomic E-state index is 0.221. The van der Waals surface area contributed by atoms with Gasteiger partial charge in [-0.15, -0.1) is 0 Å². The predicted molar refractivity (Wildman–Crippen MR) is 85.7 cm³/mol. The second kappa shape index (κ2) is 6.74. The first-order chi connectivity index (χ1) is 9.13. The highest BCUT2D eigenvalue weighted by molar-refractivity contribution is 6.74. The normalized spacial score (nSPS) is 14.2. The van der Waals surface area contributed by atoms with Gasteiger partial charge < -0.3 is 14.3 Å². The van der Waals surface area contributed by atoms with Crippen LogP contribution in [0.4, 0.5) is 0 Å². The van der Waals surface area contributed by atoms with Crippen LogP contribution in [-0.4, -0.2) is 26.6 Å². The van der Waals surface area contributed by atoms with Crippen LogP contribution in [0.3, 0.4) is 0 Å². The van der Waals surface area contributed by atoms with E-state index in [9.17, 15) is 5.11 Å². The van der Waals surface area contributed by atoms with Crippen molar-refractivity contribution in [3.8, 4) is 5.75 Å². The summed E-state index contributed by atoms with van der Waals surface area (Å²) in [5.74, 6) is 0.780. The molecule has 1 unspecified atom stereocenters. The van der Waals surface area contributed by atoms with Crippen LogP contribution in [0.25, 0.3) is 0 Å². The number of ether oxygens (including phenoxy) is 1. The van der Waals surface area contributed by atoms with Crippen LogP contribution in [0.1, 0.15) is 39.4 Å². The van der Waals surface area contributed by atoms with Gasteiger partial charge in [0.25, 0.3) is 0 Å². The van der Waals surface area contributed by atoms with Crippen molar-refractivity contribution in [3.63, 3.8) is 0 Å². The topological polar surface area (TPSA) is 38.7 Å². The largest absolute Gasteiger partial charge is 0.491 e. The zero-order valence-electron chi connectivity index (χ0n) is 13.6. The third-order valence-corrected chi connectivity index (χ3v) is 8.50. The van der Waals surface area contributed by atoms with Gasteiger partial charge in [-0.1, -0.05) is 32.9 Å². The fraction of sp³-hybridized carbons (Fsp3) is 0.625. The van der Waals surface area contributed by atoms with Gasteiger partial charge in [0, 0.05) is 0 Å². The van der Waals surface area contributed by atoms with Crippen molar-refractivity contribution in [2.45, 2.75) is 51.9 Å². The number of aliphatic hydroxyl groups excluding tert-OH is 1. The molecule has 20 heavy (non-hydrogen) atoms. The van der Waals surface area contributed by atoms with E-state index in [0.717, 1.165) is 11.3 Å². The molecule has 0 heterocycles. The van der Waals surface area contributed by atoms with E-state index in [1.807, 2.05) is 24.3 Å². The maximum absolute atomic E-state index is 9.54. The zero-order chi connectivity index (χ0) is 15.4. The summed E-state index contributed by atoms with van der Waals surface area (Å²) >= 11 is 0. The van der Waals surface area contributed by atoms with E-state index in [4.69, 9.17) is 9.16 Å². The van der Waals surface area contributed by atoms with Gasteiger partial charge in [0.1, 0.15) is 12.4 Å². The lowest BCUT2D eigenvalue weighted by molar-refractivity contribution is 0.194. The highest BCUT2D eigenvalue weighted by atomic mass is 28.4. The Kier molecular flexibility index (Phi) is 5.80. The molecule has 3 nitrogen and oxygen atoms in total. The maximum Gasteiger partial charge on any atom is 0.192 e. The quantitative estimate of drug-likeness (QED) is 0.633. The number of aliphatic hydroxyl groups is 1. The van der Waals surface area contributed by atoms with Crippen LogP contribution in [0.2, 0.25) is 18.1 Å². The molecule has 1 atom stereocenters. The summed E-state index contributed by atoms with van der Waals surface area (Å²) in [6, 6.07) is 7.56. The van der Waals surface area contributed by atoms with Crippen molar-refractivity contribution in [1.82, 2.24) is 0 Å². The molecule has 0 aliphatic heterocycles. The average molecular weight is 296 g/mol. The second-order valence-electron chi connectivity index (χ2n) is 6.71. The van der Waals surface area contributed by atoms with Crippen molar-refractivity contribution in [3.05, 3.63) is 29.8 Å². The van der Waals surface area contributed by atoms with Crippen LogP contribution in [0, 0.1) is 0 Å². The molecule has 1 N–H and O–H groups in total. The van der Waals surface area contributed by atoms with Gasteiger partial charge in [0.15, 0.2) is 8.32 Å². The molecule has 0 spiro atoms. The van der Waals surface area contributed by atoms with E-state index in [1.165, 1.54) is 0 Å². The van der Waals surface area contributed by atoms with Crippen LogP contribution in [0.5, 0.6) is 5.75 Å². The minimum atomic E-state index is -1.69. The van der Waals surface area contributed by atoms with E-state index in [2.05, 4.69) is 33.9 Å². The Bertz CT molecular complexity index is 422. The van der Waals surface area contributed by atoms with Crippen LogP contribution in [0.15, 0.2) is 24.3 Å².